The minimum Gasteiger partial charge on any atom is -0.629 e. The van der Waals surface area contributed by atoms with E-state index in [4.69, 9.17) is 10.2 Å². The molecule has 4 heteroatoms. The van der Waals surface area contributed by atoms with E-state index < -0.39 is 18.1 Å². The van der Waals surface area contributed by atoms with Gasteiger partial charge in [-0.1, -0.05) is 71.1 Å². The first-order chi connectivity index (χ1) is 9.68. The predicted molar refractivity (Wildman–Crippen MR) is 83.7 cm³/mol. The van der Waals surface area contributed by atoms with E-state index in [0.717, 1.165) is 19.3 Å². The van der Waals surface area contributed by atoms with E-state index in [1.165, 1.54) is 57.8 Å². The Hall–Kier alpha value is -0.160. The molecule has 0 spiro atoms. The molecule has 4 nitrogen and oxygen atoms in total. The lowest BCUT2D eigenvalue weighted by atomic mass is 10.1. The number of aliphatic hydroxyl groups is 2. The minimum atomic E-state index is -0.877. The van der Waals surface area contributed by atoms with E-state index >= 15 is 0 Å². The van der Waals surface area contributed by atoms with Gasteiger partial charge in [-0.15, -0.1) is 0 Å². The molecule has 0 radical (unpaired) electrons. The Bertz CT molecular complexity index is 196. The second-order valence-corrected chi connectivity index (χ2v) is 5.95. The minimum absolute atomic E-state index is 0.324. The molecule has 2 N–H and O–H groups in total. The maximum Gasteiger partial charge on any atom is 0.181 e. The lowest BCUT2D eigenvalue weighted by Gasteiger charge is -2.38. The molecule has 0 saturated carbocycles. The molecular weight excluding hydrogens is 254 g/mol. The van der Waals surface area contributed by atoms with Crippen LogP contribution >= 0.6 is 0 Å². The third-order valence-electron chi connectivity index (χ3n) is 3.93. The Morgan fingerprint density at radius 2 is 1.00 bits per heavy atom. The summed E-state index contributed by atoms with van der Waals surface area (Å²) in [6.07, 6.45) is 15.1. The summed E-state index contributed by atoms with van der Waals surface area (Å²) in [4.78, 5) is 0. The van der Waals surface area contributed by atoms with Crippen LogP contribution in [0.2, 0.25) is 0 Å². The Kier molecular flexibility index (Phi) is 13.7. The average Bonchev–Trinajstić information content (AvgIpc) is 2.48. The van der Waals surface area contributed by atoms with Gasteiger partial charge in [0.15, 0.2) is 13.5 Å². The van der Waals surface area contributed by atoms with Crippen molar-refractivity contribution in [1.29, 1.82) is 0 Å². The molecule has 0 heterocycles. The zero-order chi connectivity index (χ0) is 15.1. The predicted octanol–water partition coefficient (Wildman–Crippen LogP) is 3.90. The van der Waals surface area contributed by atoms with Gasteiger partial charge in [-0.2, -0.15) is 0 Å². The molecule has 0 rings (SSSR count). The van der Waals surface area contributed by atoms with Crippen LogP contribution in [0, 0.1) is 5.21 Å². The summed E-state index contributed by atoms with van der Waals surface area (Å²) in [6, 6.07) is 0. The van der Waals surface area contributed by atoms with Crippen LogP contribution in [0.25, 0.3) is 0 Å². The van der Waals surface area contributed by atoms with E-state index in [9.17, 15) is 5.21 Å². The van der Waals surface area contributed by atoms with E-state index in [1.54, 1.807) is 0 Å². The van der Waals surface area contributed by atoms with Gasteiger partial charge in [0.25, 0.3) is 0 Å². The SMILES string of the molecule is CCCCCCCCCCCCCC[N+]([O-])(CO)CO. The molecular formula is C16H35NO3. The number of rotatable bonds is 15. The molecule has 0 aliphatic rings. The second-order valence-electron chi connectivity index (χ2n) is 5.95. The fraction of sp³-hybridized carbons (Fsp3) is 1.00. The van der Waals surface area contributed by atoms with E-state index in [1.807, 2.05) is 0 Å². The normalized spacial score (nSPS) is 12.0. The van der Waals surface area contributed by atoms with Crippen molar-refractivity contribution in [3.8, 4) is 0 Å². The van der Waals surface area contributed by atoms with Crippen LogP contribution in [0.5, 0.6) is 0 Å². The average molecular weight is 289 g/mol. The summed E-state index contributed by atoms with van der Waals surface area (Å²) in [5.74, 6) is 0. The number of aliphatic hydroxyl groups excluding tert-OH is 2. The van der Waals surface area contributed by atoms with Crippen molar-refractivity contribution in [1.82, 2.24) is 0 Å². The monoisotopic (exact) mass is 289 g/mol. The molecule has 0 atom stereocenters. The van der Waals surface area contributed by atoms with Crippen molar-refractivity contribution in [2.45, 2.75) is 84.0 Å². The number of hydrogen-bond acceptors (Lipinski definition) is 3. The lowest BCUT2D eigenvalue weighted by molar-refractivity contribution is -0.917. The first kappa shape index (κ1) is 19.8. The van der Waals surface area contributed by atoms with Gasteiger partial charge in [0, 0.05) is 0 Å². The topological polar surface area (TPSA) is 63.5 Å². The van der Waals surface area contributed by atoms with Gasteiger partial charge in [-0.25, -0.2) is 0 Å². The van der Waals surface area contributed by atoms with Gasteiger partial charge >= 0.3 is 0 Å². The van der Waals surface area contributed by atoms with Gasteiger partial charge in [-0.05, 0) is 12.8 Å². The van der Waals surface area contributed by atoms with Crippen LogP contribution in [0.1, 0.15) is 84.0 Å². The Morgan fingerprint density at radius 1 is 0.650 bits per heavy atom. The molecule has 0 bridgehead atoms. The first-order valence-corrected chi connectivity index (χ1v) is 8.47. The van der Waals surface area contributed by atoms with Gasteiger partial charge in [-0.3, -0.25) is 0 Å². The molecule has 0 aromatic rings. The summed E-state index contributed by atoms with van der Waals surface area (Å²) in [5, 5.41) is 29.3. The highest BCUT2D eigenvalue weighted by molar-refractivity contribution is 4.48. The summed E-state index contributed by atoms with van der Waals surface area (Å²) < 4.78 is -0.877. The van der Waals surface area contributed by atoms with Crippen LogP contribution < -0.4 is 0 Å². The van der Waals surface area contributed by atoms with E-state index in [-0.39, 0.29) is 0 Å². The molecule has 20 heavy (non-hydrogen) atoms. The van der Waals surface area contributed by atoms with Crippen LogP contribution in [0.3, 0.4) is 0 Å². The fourth-order valence-corrected chi connectivity index (χ4v) is 2.43. The van der Waals surface area contributed by atoms with Crippen molar-refractivity contribution >= 4 is 0 Å². The maximum absolute atomic E-state index is 11.6. The number of quaternary nitrogens is 1. The van der Waals surface area contributed by atoms with Gasteiger partial charge in [0.05, 0.1) is 6.54 Å². The molecule has 0 aliphatic heterocycles. The summed E-state index contributed by atoms with van der Waals surface area (Å²) in [5.41, 5.74) is 0. The van der Waals surface area contributed by atoms with Crippen molar-refractivity contribution in [3.63, 3.8) is 0 Å². The smallest absolute Gasteiger partial charge is 0.181 e. The zero-order valence-corrected chi connectivity index (χ0v) is 13.4. The van der Waals surface area contributed by atoms with Crippen molar-refractivity contribution in [3.05, 3.63) is 5.21 Å². The van der Waals surface area contributed by atoms with E-state index in [2.05, 4.69) is 6.92 Å². The molecule has 0 aliphatic carbocycles. The zero-order valence-electron chi connectivity index (χ0n) is 13.4. The quantitative estimate of drug-likeness (QED) is 0.208. The molecule has 0 saturated heterocycles. The van der Waals surface area contributed by atoms with Crippen LogP contribution in [0.15, 0.2) is 0 Å². The summed E-state index contributed by atoms with van der Waals surface area (Å²) in [6.45, 7) is 1.53. The Balaban J connectivity index is 3.17. The van der Waals surface area contributed by atoms with Gasteiger partial charge in [0.2, 0.25) is 0 Å². The Labute approximate surface area is 125 Å². The van der Waals surface area contributed by atoms with Gasteiger partial charge < -0.3 is 20.1 Å². The molecule has 0 unspecified atom stereocenters. The first-order valence-electron chi connectivity index (χ1n) is 8.47. The number of nitrogens with zero attached hydrogens (tertiary/aromatic N) is 1. The highest BCUT2D eigenvalue weighted by Gasteiger charge is 2.12. The molecule has 122 valence electrons. The Morgan fingerprint density at radius 3 is 1.35 bits per heavy atom. The van der Waals surface area contributed by atoms with Gasteiger partial charge in [0.1, 0.15) is 0 Å². The fourth-order valence-electron chi connectivity index (χ4n) is 2.43. The standard InChI is InChI=1S/C16H35NO3/c1-2-3-4-5-6-7-8-9-10-11-12-13-14-17(20,15-18)16-19/h18-19H,2-16H2,1H3. The largest absolute Gasteiger partial charge is 0.629 e. The number of unbranched alkanes of at least 4 members (excludes halogenated alkanes) is 11. The highest BCUT2D eigenvalue weighted by Crippen LogP contribution is 2.13. The molecule has 0 amide bonds. The third kappa shape index (κ3) is 11.6. The summed E-state index contributed by atoms with van der Waals surface area (Å²) >= 11 is 0. The van der Waals surface area contributed by atoms with Crippen molar-refractivity contribution in [2.24, 2.45) is 0 Å². The number of hydroxylamine groups is 3. The van der Waals surface area contributed by atoms with Crippen LogP contribution in [0.4, 0.5) is 0 Å². The third-order valence-corrected chi connectivity index (χ3v) is 3.93. The van der Waals surface area contributed by atoms with Crippen LogP contribution in [-0.2, 0) is 0 Å². The second kappa shape index (κ2) is 13.8. The maximum atomic E-state index is 11.6. The lowest BCUT2D eigenvalue weighted by Crippen LogP contribution is -2.44. The molecule has 0 aromatic carbocycles. The van der Waals surface area contributed by atoms with E-state index in [0.29, 0.717) is 6.54 Å². The number of hydrogen-bond donors (Lipinski definition) is 2. The molecule has 0 fully saturated rings. The summed E-state index contributed by atoms with van der Waals surface area (Å²) in [7, 11) is 0. The van der Waals surface area contributed by atoms with Crippen molar-refractivity contribution in [2.75, 3.05) is 20.0 Å². The van der Waals surface area contributed by atoms with Crippen molar-refractivity contribution < 1.29 is 14.9 Å². The molecule has 0 aromatic heterocycles. The van der Waals surface area contributed by atoms with Crippen LogP contribution in [-0.4, -0.2) is 34.9 Å². The highest BCUT2D eigenvalue weighted by atomic mass is 16.6.